The molecule has 198 valence electrons. The van der Waals surface area contributed by atoms with Crippen molar-refractivity contribution in [3.63, 3.8) is 0 Å². The van der Waals surface area contributed by atoms with E-state index >= 15 is 0 Å². The molecule has 3 N–H and O–H groups in total. The Kier molecular flexibility index (Phi) is 6.23. The van der Waals surface area contributed by atoms with E-state index in [1.165, 1.54) is 51.4 Å². The first-order valence-corrected chi connectivity index (χ1v) is 14.2. The SMILES string of the molecule is C=C(Nc1cncc(-c2cnc3n[nH]c(-c4cc5c(N6CCCCC6)nccc5[nH]4)c3c2)c1)C1CCCCC1. The Morgan fingerprint density at radius 2 is 1.72 bits per heavy atom. The normalized spacial score (nSPS) is 16.7. The van der Waals surface area contributed by atoms with Crippen LogP contribution in [-0.4, -0.2) is 43.2 Å². The molecule has 0 radical (unpaired) electrons. The number of hydrogen-bond acceptors (Lipinski definition) is 6. The number of allylic oxidation sites excluding steroid dienone is 1. The summed E-state index contributed by atoms with van der Waals surface area (Å²) in [6.07, 6.45) is 17.6. The molecule has 0 atom stereocenters. The van der Waals surface area contributed by atoms with Crippen LogP contribution in [0, 0.1) is 5.92 Å². The third-order valence-electron chi connectivity index (χ3n) is 8.34. The highest BCUT2D eigenvalue weighted by Gasteiger charge is 2.19. The molecule has 1 aliphatic heterocycles. The van der Waals surface area contributed by atoms with E-state index < -0.39 is 0 Å². The van der Waals surface area contributed by atoms with Gasteiger partial charge in [0.25, 0.3) is 0 Å². The van der Waals surface area contributed by atoms with E-state index in [2.05, 4.69) is 60.1 Å². The predicted octanol–water partition coefficient (Wildman–Crippen LogP) is 7.06. The molecule has 1 saturated carbocycles. The number of pyridine rings is 3. The van der Waals surface area contributed by atoms with Gasteiger partial charge in [-0.3, -0.25) is 10.1 Å². The molecule has 5 aromatic rings. The molecule has 6 heterocycles. The number of fused-ring (bicyclic) bond motifs is 2. The number of aromatic amines is 2. The highest BCUT2D eigenvalue weighted by atomic mass is 15.2. The van der Waals surface area contributed by atoms with Crippen molar-refractivity contribution in [1.82, 2.24) is 30.1 Å². The number of hydrogen-bond donors (Lipinski definition) is 3. The molecule has 1 saturated heterocycles. The summed E-state index contributed by atoms with van der Waals surface area (Å²) >= 11 is 0. The van der Waals surface area contributed by atoms with E-state index in [0.717, 1.165) is 69.1 Å². The van der Waals surface area contributed by atoms with E-state index in [1.807, 2.05) is 30.9 Å². The van der Waals surface area contributed by atoms with E-state index in [-0.39, 0.29) is 0 Å². The summed E-state index contributed by atoms with van der Waals surface area (Å²) in [5.41, 5.74) is 7.73. The van der Waals surface area contributed by atoms with Gasteiger partial charge in [-0.25, -0.2) is 9.97 Å². The van der Waals surface area contributed by atoms with Crippen LogP contribution in [0.2, 0.25) is 0 Å². The molecular weight excluding hydrogens is 484 g/mol. The molecule has 0 bridgehead atoms. The largest absolute Gasteiger partial charge is 0.358 e. The fraction of sp³-hybridized carbons (Fsp3) is 0.355. The van der Waals surface area contributed by atoms with Crippen LogP contribution in [0.4, 0.5) is 11.5 Å². The molecule has 0 amide bonds. The van der Waals surface area contributed by atoms with Gasteiger partial charge >= 0.3 is 0 Å². The molecule has 2 fully saturated rings. The fourth-order valence-corrected chi connectivity index (χ4v) is 6.20. The lowest BCUT2D eigenvalue weighted by Gasteiger charge is -2.28. The molecule has 7 rings (SSSR count). The molecular formula is C31H34N8. The number of aromatic nitrogens is 6. The second-order valence-corrected chi connectivity index (χ2v) is 11.0. The first-order chi connectivity index (χ1) is 19.2. The Morgan fingerprint density at radius 3 is 2.59 bits per heavy atom. The maximum Gasteiger partial charge on any atom is 0.181 e. The van der Waals surface area contributed by atoms with Crippen molar-refractivity contribution in [1.29, 1.82) is 0 Å². The lowest BCUT2D eigenvalue weighted by Crippen LogP contribution is -2.30. The standard InChI is InChI=1S/C31H34N8/c1-20(21-8-4-2-5-9-21)35-24-14-22(17-32-19-24)23-15-26-29(37-38-30(26)34-18-23)28-16-25-27(36-28)10-11-33-31(25)39-12-6-3-7-13-39/h10-11,14-19,21,35-36H,1-9,12-13H2,(H,34,37,38). The van der Waals surface area contributed by atoms with Gasteiger partial charge in [-0.15, -0.1) is 0 Å². The van der Waals surface area contributed by atoms with Crippen molar-refractivity contribution >= 4 is 33.4 Å². The van der Waals surface area contributed by atoms with Gasteiger partial charge in [-0.2, -0.15) is 5.10 Å². The smallest absolute Gasteiger partial charge is 0.181 e. The van der Waals surface area contributed by atoms with Gasteiger partial charge in [-0.05, 0) is 62.3 Å². The molecule has 39 heavy (non-hydrogen) atoms. The fourth-order valence-electron chi connectivity index (χ4n) is 6.20. The molecule has 2 aliphatic rings. The number of H-pyrrole nitrogens is 2. The maximum atomic E-state index is 4.75. The first kappa shape index (κ1) is 23.9. The van der Waals surface area contributed by atoms with E-state index in [1.54, 1.807) is 0 Å². The van der Waals surface area contributed by atoms with Gasteiger partial charge in [-0.1, -0.05) is 25.8 Å². The van der Waals surface area contributed by atoms with Gasteiger partial charge in [0.15, 0.2) is 5.65 Å². The number of nitrogens with zero attached hydrogens (tertiary/aromatic N) is 5. The minimum Gasteiger partial charge on any atom is -0.358 e. The maximum absolute atomic E-state index is 4.75. The Balaban J connectivity index is 1.20. The van der Waals surface area contributed by atoms with Gasteiger partial charge in [0.1, 0.15) is 5.82 Å². The van der Waals surface area contributed by atoms with Crippen LogP contribution in [0.1, 0.15) is 51.4 Å². The van der Waals surface area contributed by atoms with E-state index in [9.17, 15) is 0 Å². The predicted molar refractivity (Wildman–Crippen MR) is 158 cm³/mol. The number of anilines is 2. The average molecular weight is 519 g/mol. The van der Waals surface area contributed by atoms with Gasteiger partial charge in [0.2, 0.25) is 0 Å². The average Bonchev–Trinajstić information content (AvgIpc) is 3.62. The molecule has 0 unspecified atom stereocenters. The summed E-state index contributed by atoms with van der Waals surface area (Å²) in [4.78, 5) is 19.9. The second kappa shape index (κ2) is 10.2. The van der Waals surface area contributed by atoms with Crippen LogP contribution < -0.4 is 10.2 Å². The third-order valence-corrected chi connectivity index (χ3v) is 8.34. The summed E-state index contributed by atoms with van der Waals surface area (Å²) in [6, 6.07) is 8.51. The summed E-state index contributed by atoms with van der Waals surface area (Å²) in [5, 5.41) is 13.4. The van der Waals surface area contributed by atoms with Crippen LogP contribution in [0.5, 0.6) is 0 Å². The van der Waals surface area contributed by atoms with Crippen LogP contribution in [0.3, 0.4) is 0 Å². The molecule has 0 aromatic carbocycles. The van der Waals surface area contributed by atoms with Crippen molar-refractivity contribution in [3.8, 4) is 22.5 Å². The molecule has 1 aliphatic carbocycles. The number of rotatable bonds is 6. The van der Waals surface area contributed by atoms with Crippen LogP contribution in [-0.2, 0) is 0 Å². The molecule has 8 nitrogen and oxygen atoms in total. The third kappa shape index (κ3) is 4.64. The molecule has 0 spiro atoms. The Morgan fingerprint density at radius 1 is 0.897 bits per heavy atom. The van der Waals surface area contributed by atoms with Crippen LogP contribution >= 0.6 is 0 Å². The van der Waals surface area contributed by atoms with E-state index in [4.69, 9.17) is 4.98 Å². The topological polar surface area (TPSA) is 98.4 Å². The zero-order valence-corrected chi connectivity index (χ0v) is 22.2. The van der Waals surface area contributed by atoms with Crippen molar-refractivity contribution in [2.45, 2.75) is 51.4 Å². The Hall–Kier alpha value is -4.20. The van der Waals surface area contributed by atoms with Crippen molar-refractivity contribution < 1.29 is 0 Å². The molecule has 5 aromatic heterocycles. The van der Waals surface area contributed by atoms with Gasteiger partial charge < -0.3 is 15.2 Å². The summed E-state index contributed by atoms with van der Waals surface area (Å²) in [7, 11) is 0. The monoisotopic (exact) mass is 518 g/mol. The summed E-state index contributed by atoms with van der Waals surface area (Å²) in [6.45, 7) is 6.45. The second-order valence-electron chi connectivity index (χ2n) is 11.0. The minimum atomic E-state index is 0.538. The lowest BCUT2D eigenvalue weighted by atomic mass is 9.87. The minimum absolute atomic E-state index is 0.538. The lowest BCUT2D eigenvalue weighted by molar-refractivity contribution is 0.405. The highest BCUT2D eigenvalue weighted by molar-refractivity contribution is 5.99. The van der Waals surface area contributed by atoms with Crippen LogP contribution in [0.15, 0.2) is 61.3 Å². The first-order valence-electron chi connectivity index (χ1n) is 14.2. The zero-order valence-electron chi connectivity index (χ0n) is 22.2. The quantitative estimate of drug-likeness (QED) is 0.223. The summed E-state index contributed by atoms with van der Waals surface area (Å²) < 4.78 is 0. The van der Waals surface area contributed by atoms with Crippen molar-refractivity contribution in [3.05, 3.63) is 61.3 Å². The van der Waals surface area contributed by atoms with E-state index in [0.29, 0.717) is 11.6 Å². The van der Waals surface area contributed by atoms with Gasteiger partial charge in [0.05, 0.1) is 28.8 Å². The Labute approximate surface area is 228 Å². The highest BCUT2D eigenvalue weighted by Crippen LogP contribution is 2.35. The number of nitrogens with one attached hydrogen (secondary N) is 3. The Bertz CT molecular complexity index is 1640. The number of piperidine rings is 1. The van der Waals surface area contributed by atoms with Crippen LogP contribution in [0.25, 0.3) is 44.5 Å². The van der Waals surface area contributed by atoms with Crippen molar-refractivity contribution in [2.75, 3.05) is 23.3 Å². The van der Waals surface area contributed by atoms with Crippen molar-refractivity contribution in [2.24, 2.45) is 5.92 Å². The summed E-state index contributed by atoms with van der Waals surface area (Å²) in [5.74, 6) is 1.60. The van der Waals surface area contributed by atoms with Gasteiger partial charge in [0, 0.05) is 59.3 Å². The molecule has 8 heteroatoms. The zero-order chi connectivity index (χ0) is 26.2.